The second-order valence-electron chi connectivity index (χ2n) is 6.24. The average molecular weight is 292 g/mol. The van der Waals surface area contributed by atoms with Crippen LogP contribution < -0.4 is 0 Å². The minimum absolute atomic E-state index is 0.0109. The van der Waals surface area contributed by atoms with Gasteiger partial charge < -0.3 is 9.80 Å². The second kappa shape index (κ2) is 8.20. The summed E-state index contributed by atoms with van der Waals surface area (Å²) >= 11 is 0. The monoisotopic (exact) mass is 292 g/mol. The lowest BCUT2D eigenvalue weighted by Crippen LogP contribution is -2.44. The Morgan fingerprint density at radius 2 is 1.90 bits per heavy atom. The number of carbonyl (C=O) groups is 2. The third-order valence-electron chi connectivity index (χ3n) is 4.57. The van der Waals surface area contributed by atoms with E-state index in [2.05, 4.69) is 6.08 Å². The van der Waals surface area contributed by atoms with E-state index in [-0.39, 0.29) is 18.4 Å². The second-order valence-corrected chi connectivity index (χ2v) is 6.24. The molecule has 1 fully saturated rings. The summed E-state index contributed by atoms with van der Waals surface area (Å²) in [6.07, 6.45) is 11.5. The van der Waals surface area contributed by atoms with Crippen LogP contribution in [0.4, 0.5) is 0 Å². The molecule has 4 nitrogen and oxygen atoms in total. The van der Waals surface area contributed by atoms with Crippen molar-refractivity contribution in [2.75, 3.05) is 26.2 Å². The maximum absolute atomic E-state index is 12.3. The number of allylic oxidation sites excluding steroid dienone is 1. The normalized spacial score (nSPS) is 19.1. The molecule has 21 heavy (non-hydrogen) atoms. The molecule has 0 unspecified atom stereocenters. The number of hydrogen-bond acceptors (Lipinski definition) is 2. The van der Waals surface area contributed by atoms with Crippen molar-refractivity contribution in [1.82, 2.24) is 9.80 Å². The van der Waals surface area contributed by atoms with Gasteiger partial charge in [0.1, 0.15) is 0 Å². The van der Waals surface area contributed by atoms with Gasteiger partial charge in [-0.05, 0) is 51.4 Å². The van der Waals surface area contributed by atoms with Crippen LogP contribution in [-0.4, -0.2) is 47.8 Å². The summed E-state index contributed by atoms with van der Waals surface area (Å²) in [5.74, 6) is 0.124. The Morgan fingerprint density at radius 3 is 2.52 bits per heavy atom. The van der Waals surface area contributed by atoms with Crippen molar-refractivity contribution in [1.29, 1.82) is 0 Å². The zero-order valence-corrected chi connectivity index (χ0v) is 13.3. The van der Waals surface area contributed by atoms with Crippen LogP contribution in [-0.2, 0) is 9.59 Å². The molecule has 0 spiro atoms. The molecule has 2 rings (SSSR count). The molecule has 0 bridgehead atoms. The van der Waals surface area contributed by atoms with E-state index in [0.717, 1.165) is 38.8 Å². The average Bonchev–Trinajstić information content (AvgIpc) is 2.52. The van der Waals surface area contributed by atoms with E-state index in [9.17, 15) is 9.59 Å². The predicted octanol–water partition coefficient (Wildman–Crippen LogP) is 2.74. The van der Waals surface area contributed by atoms with Gasteiger partial charge >= 0.3 is 0 Å². The minimum Gasteiger partial charge on any atom is -0.341 e. The number of rotatable bonds is 5. The van der Waals surface area contributed by atoms with Crippen LogP contribution in [0.5, 0.6) is 0 Å². The Labute approximate surface area is 128 Å². The van der Waals surface area contributed by atoms with E-state index in [0.29, 0.717) is 6.54 Å². The Balaban J connectivity index is 1.81. The lowest BCUT2D eigenvalue weighted by Gasteiger charge is -2.30. The Kier molecular flexibility index (Phi) is 6.27. The SMILES string of the molecule is CC(=O)N(CCC1=CCCCC1)CC(=O)N1CCCCC1. The first-order chi connectivity index (χ1) is 10.2. The standard InChI is InChI=1S/C17H28N2O2/c1-15(20)19(13-10-16-8-4-2-5-9-16)14-17(21)18-11-6-3-7-12-18/h8H,2-7,9-14H2,1H3. The van der Waals surface area contributed by atoms with Gasteiger partial charge in [0.05, 0.1) is 6.54 Å². The molecule has 1 heterocycles. The number of hydrogen-bond donors (Lipinski definition) is 0. The summed E-state index contributed by atoms with van der Waals surface area (Å²) in [6.45, 7) is 4.22. The lowest BCUT2D eigenvalue weighted by molar-refractivity contribution is -0.140. The van der Waals surface area contributed by atoms with Crippen LogP contribution in [0.25, 0.3) is 0 Å². The van der Waals surface area contributed by atoms with Gasteiger partial charge in [-0.15, -0.1) is 0 Å². The molecule has 0 radical (unpaired) electrons. The van der Waals surface area contributed by atoms with E-state index < -0.39 is 0 Å². The topological polar surface area (TPSA) is 40.6 Å². The van der Waals surface area contributed by atoms with Crippen LogP contribution in [0.3, 0.4) is 0 Å². The Hall–Kier alpha value is -1.32. The van der Waals surface area contributed by atoms with Crippen LogP contribution in [0.15, 0.2) is 11.6 Å². The van der Waals surface area contributed by atoms with E-state index in [1.807, 2.05) is 4.90 Å². The first-order valence-corrected chi connectivity index (χ1v) is 8.38. The first kappa shape index (κ1) is 16.1. The number of likely N-dealkylation sites (tertiary alicyclic amines) is 1. The lowest BCUT2D eigenvalue weighted by atomic mass is 9.97. The zero-order chi connectivity index (χ0) is 15.1. The molecule has 0 aromatic heterocycles. The molecule has 2 amide bonds. The first-order valence-electron chi connectivity index (χ1n) is 8.38. The number of carbonyl (C=O) groups excluding carboxylic acids is 2. The van der Waals surface area contributed by atoms with Gasteiger partial charge in [0.2, 0.25) is 11.8 Å². The molecule has 1 aliphatic heterocycles. The van der Waals surface area contributed by atoms with E-state index >= 15 is 0 Å². The maximum Gasteiger partial charge on any atom is 0.242 e. The summed E-state index contributed by atoms with van der Waals surface area (Å²) in [6, 6.07) is 0. The highest BCUT2D eigenvalue weighted by Gasteiger charge is 2.20. The third kappa shape index (κ3) is 5.18. The van der Waals surface area contributed by atoms with Crippen molar-refractivity contribution < 1.29 is 9.59 Å². The molecular weight excluding hydrogens is 264 g/mol. The molecule has 0 saturated carbocycles. The Morgan fingerprint density at radius 1 is 1.14 bits per heavy atom. The molecule has 4 heteroatoms. The van der Waals surface area contributed by atoms with Gasteiger partial charge in [-0.2, -0.15) is 0 Å². The van der Waals surface area contributed by atoms with Gasteiger partial charge in [-0.25, -0.2) is 0 Å². The summed E-state index contributed by atoms with van der Waals surface area (Å²) in [5, 5.41) is 0. The fraction of sp³-hybridized carbons (Fsp3) is 0.765. The van der Waals surface area contributed by atoms with Crippen molar-refractivity contribution in [3.63, 3.8) is 0 Å². The Bertz CT molecular complexity index is 398. The molecule has 2 aliphatic rings. The van der Waals surface area contributed by atoms with Gasteiger partial charge in [0.15, 0.2) is 0 Å². The van der Waals surface area contributed by atoms with Gasteiger partial charge in [-0.1, -0.05) is 11.6 Å². The van der Waals surface area contributed by atoms with Crippen LogP contribution in [0.1, 0.15) is 58.3 Å². The minimum atomic E-state index is 0.0109. The molecule has 0 atom stereocenters. The quantitative estimate of drug-likeness (QED) is 0.731. The summed E-state index contributed by atoms with van der Waals surface area (Å²) in [4.78, 5) is 27.7. The zero-order valence-electron chi connectivity index (χ0n) is 13.3. The van der Waals surface area contributed by atoms with E-state index in [1.165, 1.54) is 31.3 Å². The fourth-order valence-corrected chi connectivity index (χ4v) is 3.16. The fourth-order valence-electron chi connectivity index (χ4n) is 3.16. The maximum atomic E-state index is 12.3. The van der Waals surface area contributed by atoms with Crippen LogP contribution >= 0.6 is 0 Å². The highest BCUT2D eigenvalue weighted by atomic mass is 16.2. The smallest absolute Gasteiger partial charge is 0.242 e. The number of nitrogens with zero attached hydrogens (tertiary/aromatic N) is 2. The molecule has 118 valence electrons. The van der Waals surface area contributed by atoms with Gasteiger partial charge in [-0.3, -0.25) is 9.59 Å². The van der Waals surface area contributed by atoms with E-state index in [4.69, 9.17) is 0 Å². The highest BCUT2D eigenvalue weighted by Crippen LogP contribution is 2.20. The van der Waals surface area contributed by atoms with Crippen molar-refractivity contribution in [3.05, 3.63) is 11.6 Å². The third-order valence-corrected chi connectivity index (χ3v) is 4.57. The number of piperidine rings is 1. The summed E-state index contributed by atoms with van der Waals surface area (Å²) in [5.41, 5.74) is 1.46. The largest absolute Gasteiger partial charge is 0.341 e. The summed E-state index contributed by atoms with van der Waals surface area (Å²) < 4.78 is 0. The van der Waals surface area contributed by atoms with Crippen molar-refractivity contribution in [2.45, 2.75) is 58.3 Å². The van der Waals surface area contributed by atoms with Crippen LogP contribution in [0, 0.1) is 0 Å². The molecule has 1 aliphatic carbocycles. The van der Waals surface area contributed by atoms with Crippen molar-refractivity contribution in [3.8, 4) is 0 Å². The van der Waals surface area contributed by atoms with Gasteiger partial charge in [0.25, 0.3) is 0 Å². The highest BCUT2D eigenvalue weighted by molar-refractivity contribution is 5.83. The van der Waals surface area contributed by atoms with Gasteiger partial charge in [0, 0.05) is 26.6 Å². The molecule has 0 aromatic rings. The van der Waals surface area contributed by atoms with E-state index in [1.54, 1.807) is 11.8 Å². The summed E-state index contributed by atoms with van der Waals surface area (Å²) in [7, 11) is 0. The van der Waals surface area contributed by atoms with Crippen LogP contribution in [0.2, 0.25) is 0 Å². The molecule has 0 aromatic carbocycles. The van der Waals surface area contributed by atoms with Crippen molar-refractivity contribution >= 4 is 11.8 Å². The predicted molar refractivity (Wildman–Crippen MR) is 83.9 cm³/mol. The molecule has 1 saturated heterocycles. The molecular formula is C17H28N2O2. The van der Waals surface area contributed by atoms with Crippen molar-refractivity contribution in [2.24, 2.45) is 0 Å². The molecule has 0 N–H and O–H groups in total. The number of amides is 2.